The van der Waals surface area contributed by atoms with Gasteiger partial charge < -0.3 is 20.5 Å². The van der Waals surface area contributed by atoms with E-state index in [-0.39, 0.29) is 0 Å². The van der Waals surface area contributed by atoms with Gasteiger partial charge in [-0.15, -0.1) is 5.10 Å². The van der Waals surface area contributed by atoms with Crippen LogP contribution in [0, 0.1) is 0 Å². The van der Waals surface area contributed by atoms with Crippen LogP contribution in [0.1, 0.15) is 0 Å². The first-order chi connectivity index (χ1) is 14.6. The summed E-state index contributed by atoms with van der Waals surface area (Å²) in [5.41, 5.74) is 9.33. The van der Waals surface area contributed by atoms with Crippen molar-refractivity contribution >= 4 is 34.4 Å². The number of nitrogens with zero attached hydrogens (tertiary/aromatic N) is 4. The monoisotopic (exact) mass is 424 g/mol. The number of nitrogens with two attached hydrogens (primary N) is 1. The zero-order valence-electron chi connectivity index (χ0n) is 16.6. The Hall–Kier alpha value is -3.36. The summed E-state index contributed by atoms with van der Waals surface area (Å²) in [7, 11) is 3.26. The summed E-state index contributed by atoms with van der Waals surface area (Å²) < 4.78 is 12.0. The molecule has 0 unspecified atom stereocenters. The van der Waals surface area contributed by atoms with Crippen LogP contribution in [0.4, 0.5) is 11.8 Å². The molecule has 8 nitrogen and oxygen atoms in total. The lowest BCUT2D eigenvalue weighted by Crippen LogP contribution is -2.10. The third kappa shape index (κ3) is 3.87. The summed E-state index contributed by atoms with van der Waals surface area (Å²) in [5, 5.41) is 9.11. The number of halogens is 1. The molecule has 2 aromatic carbocycles. The van der Waals surface area contributed by atoms with E-state index >= 15 is 0 Å². The van der Waals surface area contributed by atoms with Crippen molar-refractivity contribution in [3.05, 3.63) is 53.6 Å². The molecule has 0 bridgehead atoms. The second-order valence-corrected chi connectivity index (χ2v) is 6.95. The van der Waals surface area contributed by atoms with E-state index in [2.05, 4.69) is 15.4 Å². The molecule has 2 heterocycles. The van der Waals surface area contributed by atoms with Crippen molar-refractivity contribution in [1.29, 1.82) is 0 Å². The molecule has 0 radical (unpaired) electrons. The molecule has 0 spiro atoms. The maximum absolute atomic E-state index is 6.50. The summed E-state index contributed by atoms with van der Waals surface area (Å²) in [6.07, 6.45) is 0. The highest BCUT2D eigenvalue weighted by molar-refractivity contribution is 6.30. The summed E-state index contributed by atoms with van der Waals surface area (Å²) in [6, 6.07) is 14.9. The molecule has 0 amide bonds. The molecule has 0 aliphatic carbocycles. The molecule has 0 saturated heterocycles. The van der Waals surface area contributed by atoms with Crippen LogP contribution in [0.25, 0.3) is 28.0 Å². The van der Waals surface area contributed by atoms with Gasteiger partial charge in [0.15, 0.2) is 5.65 Å². The number of methoxy groups -OCH3 is 2. The van der Waals surface area contributed by atoms with E-state index in [1.165, 1.54) is 0 Å². The maximum atomic E-state index is 6.50. The number of rotatable bonds is 7. The topological polar surface area (TPSA) is 100 Å². The Labute approximate surface area is 178 Å². The lowest BCUT2D eigenvalue weighted by atomic mass is 10.1. The van der Waals surface area contributed by atoms with E-state index in [9.17, 15) is 0 Å². The number of hydrogen-bond acceptors (Lipinski definition) is 7. The summed E-state index contributed by atoms with van der Waals surface area (Å²) in [4.78, 5) is 9.24. The van der Waals surface area contributed by atoms with Crippen LogP contribution in [0.15, 0.2) is 48.5 Å². The molecule has 0 aliphatic heterocycles. The number of anilines is 2. The molecular formula is C21H21ClN6O2. The average molecular weight is 425 g/mol. The van der Waals surface area contributed by atoms with Gasteiger partial charge in [-0.1, -0.05) is 23.7 Å². The first-order valence-corrected chi connectivity index (χ1v) is 9.68. The van der Waals surface area contributed by atoms with E-state index in [1.54, 1.807) is 18.9 Å². The summed E-state index contributed by atoms with van der Waals surface area (Å²) in [6.45, 7) is 1.09. The van der Waals surface area contributed by atoms with E-state index in [0.29, 0.717) is 46.7 Å². The number of nitrogen functional groups attached to an aromatic ring is 1. The molecule has 0 aliphatic rings. The lowest BCUT2D eigenvalue weighted by molar-refractivity contribution is 0.210. The van der Waals surface area contributed by atoms with Gasteiger partial charge >= 0.3 is 0 Å². The minimum Gasteiger partial charge on any atom is -0.497 e. The Morgan fingerprint density at radius 3 is 2.43 bits per heavy atom. The van der Waals surface area contributed by atoms with Gasteiger partial charge in [0.05, 0.1) is 30.5 Å². The third-order valence-corrected chi connectivity index (χ3v) is 4.84. The standard InChI is InChI=1S/C21H21ClN6O2/c1-29-12-11-24-21-25-18(13-3-5-14(22)6-4-13)17-19(23)28(27-20(17)26-21)15-7-9-16(30-2)10-8-15/h3-10H,11-12,23H2,1-2H3,(H,24,26,27). The molecule has 154 valence electrons. The van der Waals surface area contributed by atoms with Gasteiger partial charge in [0, 0.05) is 24.2 Å². The van der Waals surface area contributed by atoms with Crippen LogP contribution in [0.3, 0.4) is 0 Å². The smallest absolute Gasteiger partial charge is 0.225 e. The van der Waals surface area contributed by atoms with Gasteiger partial charge in [0.25, 0.3) is 0 Å². The van der Waals surface area contributed by atoms with E-state index < -0.39 is 0 Å². The summed E-state index contributed by atoms with van der Waals surface area (Å²) in [5.74, 6) is 1.65. The van der Waals surface area contributed by atoms with Gasteiger partial charge in [-0.25, -0.2) is 9.67 Å². The Morgan fingerprint density at radius 1 is 1.03 bits per heavy atom. The number of ether oxygens (including phenoxy) is 2. The average Bonchev–Trinajstić information content (AvgIpc) is 3.10. The largest absolute Gasteiger partial charge is 0.497 e. The van der Waals surface area contributed by atoms with Crippen LogP contribution in [0.5, 0.6) is 5.75 Å². The third-order valence-electron chi connectivity index (χ3n) is 4.59. The molecule has 2 aromatic heterocycles. The molecule has 9 heteroatoms. The van der Waals surface area contributed by atoms with Crippen LogP contribution in [0.2, 0.25) is 5.02 Å². The molecule has 30 heavy (non-hydrogen) atoms. The van der Waals surface area contributed by atoms with Gasteiger partial charge in [0.2, 0.25) is 5.95 Å². The van der Waals surface area contributed by atoms with Gasteiger partial charge in [-0.2, -0.15) is 4.98 Å². The lowest BCUT2D eigenvalue weighted by Gasteiger charge is -2.08. The Morgan fingerprint density at radius 2 is 1.77 bits per heavy atom. The minimum absolute atomic E-state index is 0.448. The second-order valence-electron chi connectivity index (χ2n) is 6.52. The molecule has 0 fully saturated rings. The quantitative estimate of drug-likeness (QED) is 0.435. The molecule has 4 rings (SSSR count). The zero-order chi connectivity index (χ0) is 21.1. The highest BCUT2D eigenvalue weighted by Crippen LogP contribution is 2.33. The fourth-order valence-electron chi connectivity index (χ4n) is 3.09. The van der Waals surface area contributed by atoms with Crippen molar-refractivity contribution in [2.45, 2.75) is 0 Å². The SMILES string of the molecule is COCCNc1nc(-c2ccc(Cl)cc2)c2c(N)n(-c3ccc(OC)cc3)nc2n1. The number of fused-ring (bicyclic) bond motifs is 1. The summed E-state index contributed by atoms with van der Waals surface area (Å²) >= 11 is 6.06. The van der Waals surface area contributed by atoms with Crippen molar-refractivity contribution in [3.8, 4) is 22.7 Å². The highest BCUT2D eigenvalue weighted by Gasteiger charge is 2.19. The minimum atomic E-state index is 0.448. The fourth-order valence-corrected chi connectivity index (χ4v) is 3.22. The van der Waals surface area contributed by atoms with Gasteiger partial charge in [-0.3, -0.25) is 0 Å². The number of benzene rings is 2. The van der Waals surface area contributed by atoms with Crippen molar-refractivity contribution in [3.63, 3.8) is 0 Å². The number of hydrogen-bond donors (Lipinski definition) is 2. The Balaban J connectivity index is 1.87. The molecular weight excluding hydrogens is 404 g/mol. The van der Waals surface area contributed by atoms with Crippen LogP contribution >= 0.6 is 11.6 Å². The highest BCUT2D eigenvalue weighted by atomic mass is 35.5. The van der Waals surface area contributed by atoms with Gasteiger partial charge in [-0.05, 0) is 36.4 Å². The first kappa shape index (κ1) is 19.9. The van der Waals surface area contributed by atoms with Crippen LogP contribution < -0.4 is 15.8 Å². The van der Waals surface area contributed by atoms with Crippen molar-refractivity contribution in [2.75, 3.05) is 38.4 Å². The Kier molecular flexibility index (Phi) is 5.69. The van der Waals surface area contributed by atoms with Gasteiger partial charge in [0.1, 0.15) is 11.6 Å². The van der Waals surface area contributed by atoms with Crippen molar-refractivity contribution in [1.82, 2.24) is 19.7 Å². The first-order valence-electron chi connectivity index (χ1n) is 9.30. The van der Waals surface area contributed by atoms with Crippen molar-refractivity contribution in [2.24, 2.45) is 0 Å². The molecule has 0 atom stereocenters. The number of nitrogens with one attached hydrogen (secondary N) is 1. The van der Waals surface area contributed by atoms with E-state index in [4.69, 9.17) is 31.8 Å². The van der Waals surface area contributed by atoms with E-state index in [0.717, 1.165) is 17.0 Å². The number of aromatic nitrogens is 4. The normalized spacial score (nSPS) is 11.0. The zero-order valence-corrected chi connectivity index (χ0v) is 17.3. The van der Waals surface area contributed by atoms with Crippen LogP contribution in [-0.2, 0) is 4.74 Å². The van der Waals surface area contributed by atoms with Crippen LogP contribution in [-0.4, -0.2) is 47.1 Å². The maximum Gasteiger partial charge on any atom is 0.225 e. The Bertz CT molecular complexity index is 1160. The fraction of sp³-hybridized carbons (Fsp3) is 0.190. The van der Waals surface area contributed by atoms with E-state index in [1.807, 2.05) is 48.5 Å². The predicted molar refractivity (Wildman–Crippen MR) is 118 cm³/mol. The predicted octanol–water partition coefficient (Wildman–Crippen LogP) is 3.79. The van der Waals surface area contributed by atoms with Crippen molar-refractivity contribution < 1.29 is 9.47 Å². The molecule has 3 N–H and O–H groups in total. The molecule has 0 saturated carbocycles. The molecule has 4 aromatic rings. The second kappa shape index (κ2) is 8.56.